The van der Waals surface area contributed by atoms with E-state index in [1.54, 1.807) is 48.5 Å². The average Bonchev–Trinajstić information content (AvgIpc) is 2.99. The van der Waals surface area contributed by atoms with E-state index >= 15 is 0 Å². The number of nitrogens with zero attached hydrogens (tertiary/aromatic N) is 5. The third-order valence-corrected chi connectivity index (χ3v) is 3.52. The van der Waals surface area contributed by atoms with E-state index in [1.165, 1.54) is 14.2 Å². The molecule has 0 atom stereocenters. The van der Waals surface area contributed by atoms with Crippen molar-refractivity contribution in [2.45, 2.75) is 0 Å². The fourth-order valence-electron chi connectivity index (χ4n) is 2.25. The standard InChI is InChI=1S/C16H15N5O5/c1-25-13-8-6-12(7-9-13)19-18-16(21(23)24)15(20(19)22)17-11-4-3-5-14(10-11)26-2/h3-10,22H,1-2H3. The van der Waals surface area contributed by atoms with E-state index in [-0.39, 0.29) is 5.49 Å². The van der Waals surface area contributed by atoms with Crippen LogP contribution in [-0.2, 0) is 0 Å². The van der Waals surface area contributed by atoms with Crippen LogP contribution in [0, 0.1) is 10.1 Å². The Morgan fingerprint density at radius 3 is 2.42 bits per heavy atom. The number of hydrogen-bond donors (Lipinski definition) is 1. The van der Waals surface area contributed by atoms with Crippen molar-refractivity contribution in [2.24, 2.45) is 4.99 Å². The summed E-state index contributed by atoms with van der Waals surface area (Å²) < 4.78 is 10.2. The van der Waals surface area contributed by atoms with Crippen LogP contribution in [0.3, 0.4) is 0 Å². The van der Waals surface area contributed by atoms with Crippen molar-refractivity contribution in [3.8, 4) is 17.2 Å². The van der Waals surface area contributed by atoms with Crippen molar-refractivity contribution in [1.29, 1.82) is 0 Å². The van der Waals surface area contributed by atoms with Crippen LogP contribution in [0.15, 0.2) is 53.5 Å². The summed E-state index contributed by atoms with van der Waals surface area (Å²) in [7, 11) is 3.01. The van der Waals surface area contributed by atoms with Crippen LogP contribution < -0.4 is 15.0 Å². The van der Waals surface area contributed by atoms with Crippen LogP contribution in [0.25, 0.3) is 5.69 Å². The molecule has 3 rings (SSSR count). The lowest BCUT2D eigenvalue weighted by atomic mass is 10.3. The fraction of sp³-hybridized carbons (Fsp3) is 0.125. The molecule has 10 nitrogen and oxygen atoms in total. The van der Waals surface area contributed by atoms with Gasteiger partial charge in [-0.2, -0.15) is 0 Å². The zero-order chi connectivity index (χ0) is 18.7. The van der Waals surface area contributed by atoms with Crippen LogP contribution in [-0.4, -0.2) is 39.1 Å². The van der Waals surface area contributed by atoms with Gasteiger partial charge in [-0.15, -0.1) is 0 Å². The van der Waals surface area contributed by atoms with Gasteiger partial charge in [0, 0.05) is 6.07 Å². The summed E-state index contributed by atoms with van der Waals surface area (Å²) in [5.74, 6) is 0.535. The van der Waals surface area contributed by atoms with Gasteiger partial charge in [-0.05, 0) is 46.1 Å². The van der Waals surface area contributed by atoms with Gasteiger partial charge >= 0.3 is 5.82 Å². The molecule has 1 aromatic heterocycles. The molecule has 0 aliphatic heterocycles. The first-order valence-corrected chi connectivity index (χ1v) is 7.42. The Labute approximate surface area is 147 Å². The summed E-state index contributed by atoms with van der Waals surface area (Å²) in [5, 5.41) is 25.6. The molecule has 0 aliphatic rings. The van der Waals surface area contributed by atoms with E-state index in [2.05, 4.69) is 10.1 Å². The number of methoxy groups -OCH3 is 2. The molecule has 0 spiro atoms. The van der Waals surface area contributed by atoms with E-state index in [1.807, 2.05) is 0 Å². The number of benzene rings is 2. The van der Waals surface area contributed by atoms with Crippen LogP contribution in [0.4, 0.5) is 11.5 Å². The molecule has 0 saturated carbocycles. The summed E-state index contributed by atoms with van der Waals surface area (Å²) >= 11 is 0. The first-order valence-electron chi connectivity index (χ1n) is 7.42. The topological polar surface area (TPSA) is 117 Å². The maximum absolute atomic E-state index is 11.3. The zero-order valence-electron chi connectivity index (χ0n) is 13.9. The molecule has 1 heterocycles. The van der Waals surface area contributed by atoms with Crippen molar-refractivity contribution in [3.05, 3.63) is 64.1 Å². The molecule has 0 unspecified atom stereocenters. The van der Waals surface area contributed by atoms with E-state index in [0.29, 0.717) is 27.7 Å². The third-order valence-electron chi connectivity index (χ3n) is 3.52. The highest BCUT2D eigenvalue weighted by molar-refractivity contribution is 5.43. The number of nitro groups is 1. The highest BCUT2D eigenvalue weighted by Gasteiger charge is 2.24. The monoisotopic (exact) mass is 357 g/mol. The van der Waals surface area contributed by atoms with E-state index in [0.717, 1.165) is 4.80 Å². The highest BCUT2D eigenvalue weighted by Crippen LogP contribution is 2.20. The van der Waals surface area contributed by atoms with Crippen molar-refractivity contribution in [3.63, 3.8) is 0 Å². The molecule has 134 valence electrons. The molecule has 3 aromatic rings. The summed E-state index contributed by atoms with van der Waals surface area (Å²) in [5.41, 5.74) is 0.437. The van der Waals surface area contributed by atoms with E-state index in [4.69, 9.17) is 9.47 Å². The maximum Gasteiger partial charge on any atom is 0.438 e. The average molecular weight is 357 g/mol. The highest BCUT2D eigenvalue weighted by atomic mass is 16.6. The van der Waals surface area contributed by atoms with Crippen LogP contribution in [0.1, 0.15) is 0 Å². The quantitative estimate of drug-likeness (QED) is 0.424. The summed E-state index contributed by atoms with van der Waals surface area (Å²) in [6, 6.07) is 13.1. The fourth-order valence-corrected chi connectivity index (χ4v) is 2.25. The first-order chi connectivity index (χ1) is 12.5. The lowest BCUT2D eigenvalue weighted by molar-refractivity contribution is -0.391. The normalized spacial score (nSPS) is 11.4. The van der Waals surface area contributed by atoms with Crippen LogP contribution in [0.2, 0.25) is 0 Å². The van der Waals surface area contributed by atoms with Gasteiger partial charge in [0.1, 0.15) is 17.2 Å². The van der Waals surface area contributed by atoms with Gasteiger partial charge < -0.3 is 24.8 Å². The zero-order valence-corrected chi connectivity index (χ0v) is 13.9. The first kappa shape index (κ1) is 17.0. The molecule has 0 bridgehead atoms. The molecule has 10 heteroatoms. The summed E-state index contributed by atoms with van der Waals surface area (Å²) in [6.07, 6.45) is 0. The van der Waals surface area contributed by atoms with Gasteiger partial charge in [0.15, 0.2) is 0 Å². The van der Waals surface area contributed by atoms with Gasteiger partial charge in [-0.25, -0.2) is 4.99 Å². The lowest BCUT2D eigenvalue weighted by Gasteiger charge is -2.02. The minimum Gasteiger partial charge on any atom is -0.497 e. The molecule has 2 aromatic carbocycles. The van der Waals surface area contributed by atoms with Gasteiger partial charge in [-0.1, -0.05) is 10.9 Å². The predicted octanol–water partition coefficient (Wildman–Crippen LogP) is 2.07. The molecule has 0 saturated heterocycles. The molecule has 1 N–H and O–H groups in total. The second kappa shape index (κ2) is 6.97. The van der Waals surface area contributed by atoms with Gasteiger partial charge in [0.05, 0.1) is 25.0 Å². The van der Waals surface area contributed by atoms with E-state index < -0.39 is 10.7 Å². The summed E-state index contributed by atoms with van der Waals surface area (Å²) in [6.45, 7) is 0. The van der Waals surface area contributed by atoms with Gasteiger partial charge in [0.2, 0.25) is 0 Å². The van der Waals surface area contributed by atoms with Crippen molar-refractivity contribution in [1.82, 2.24) is 14.7 Å². The smallest absolute Gasteiger partial charge is 0.438 e. The molecule has 0 amide bonds. The molecular weight excluding hydrogens is 342 g/mol. The van der Waals surface area contributed by atoms with Gasteiger partial charge in [-0.3, -0.25) is 0 Å². The van der Waals surface area contributed by atoms with Crippen molar-refractivity contribution in [2.75, 3.05) is 14.2 Å². The number of aromatic nitrogens is 3. The third kappa shape index (κ3) is 3.20. The largest absolute Gasteiger partial charge is 0.497 e. The van der Waals surface area contributed by atoms with Crippen molar-refractivity contribution >= 4 is 11.5 Å². The maximum atomic E-state index is 11.3. The molecule has 0 aliphatic carbocycles. The van der Waals surface area contributed by atoms with Crippen LogP contribution >= 0.6 is 0 Å². The Bertz CT molecular complexity index is 1010. The number of ether oxygens (including phenoxy) is 2. The molecular formula is C16H15N5O5. The molecule has 0 fully saturated rings. The predicted molar refractivity (Wildman–Crippen MR) is 90.2 cm³/mol. The van der Waals surface area contributed by atoms with Crippen LogP contribution in [0.5, 0.6) is 11.5 Å². The Morgan fingerprint density at radius 1 is 1.12 bits per heavy atom. The minimum atomic E-state index is -0.717. The second-order valence-electron chi connectivity index (χ2n) is 5.09. The Morgan fingerprint density at radius 2 is 1.81 bits per heavy atom. The Balaban J connectivity index is 2.16. The second-order valence-corrected chi connectivity index (χ2v) is 5.09. The molecule has 26 heavy (non-hydrogen) atoms. The number of rotatable bonds is 5. The van der Waals surface area contributed by atoms with Crippen molar-refractivity contribution < 1.29 is 19.6 Å². The lowest BCUT2D eigenvalue weighted by Crippen LogP contribution is -2.22. The Hall–Kier alpha value is -3.82. The Kier molecular flexibility index (Phi) is 4.56. The number of hydrogen-bond acceptors (Lipinski definition) is 7. The van der Waals surface area contributed by atoms with Gasteiger partial charge in [0.25, 0.3) is 5.49 Å². The minimum absolute atomic E-state index is 0.320. The molecule has 0 radical (unpaired) electrons. The summed E-state index contributed by atoms with van der Waals surface area (Å²) in [4.78, 5) is 16.2. The SMILES string of the molecule is COc1ccc(-n2nc([N+](=O)[O-])c(=Nc3cccc(OC)c3)n2O)cc1. The van der Waals surface area contributed by atoms with E-state index in [9.17, 15) is 15.3 Å².